The maximum atomic E-state index is 9.60. The summed E-state index contributed by atoms with van der Waals surface area (Å²) in [5.74, 6) is 1.62. The molecule has 2 aromatic carbocycles. The zero-order chi connectivity index (χ0) is 18.7. The molecule has 132 valence electrons. The van der Waals surface area contributed by atoms with Crippen molar-refractivity contribution in [2.24, 2.45) is 0 Å². The molecule has 0 radical (unpaired) electrons. The molecule has 0 bridgehead atoms. The maximum Gasteiger partial charge on any atom is 0.162 e. The molecule has 5 nitrogen and oxygen atoms in total. The number of nitrogens with zero attached hydrogens (tertiary/aromatic N) is 2. The Balaban J connectivity index is 2.07. The molecule has 1 N–H and O–H groups in total. The van der Waals surface area contributed by atoms with Crippen LogP contribution in [-0.4, -0.2) is 23.7 Å². The van der Waals surface area contributed by atoms with Crippen molar-refractivity contribution in [3.05, 3.63) is 52.3 Å². The van der Waals surface area contributed by atoms with Gasteiger partial charge in [0.15, 0.2) is 11.5 Å². The molecule has 0 atom stereocenters. The second kappa shape index (κ2) is 7.51. The average Bonchev–Trinajstić information content (AvgIpc) is 3.04. The van der Waals surface area contributed by atoms with Gasteiger partial charge in [-0.05, 0) is 49.2 Å². The molecular formula is C20H18ClN3O2. The van der Waals surface area contributed by atoms with Gasteiger partial charge in [0.2, 0.25) is 0 Å². The van der Waals surface area contributed by atoms with E-state index in [1.807, 2.05) is 32.0 Å². The minimum Gasteiger partial charge on any atom is -0.493 e. The van der Waals surface area contributed by atoms with E-state index in [0.717, 1.165) is 16.6 Å². The van der Waals surface area contributed by atoms with Crippen molar-refractivity contribution in [3.63, 3.8) is 0 Å². The quantitative estimate of drug-likeness (QED) is 0.644. The number of methoxy groups -OCH3 is 1. The number of ether oxygens (including phenoxy) is 2. The predicted molar refractivity (Wildman–Crippen MR) is 103 cm³/mol. The summed E-state index contributed by atoms with van der Waals surface area (Å²) in [6, 6.07) is 11.5. The van der Waals surface area contributed by atoms with E-state index in [9.17, 15) is 5.26 Å². The van der Waals surface area contributed by atoms with Gasteiger partial charge in [-0.15, -0.1) is 0 Å². The van der Waals surface area contributed by atoms with E-state index in [-0.39, 0.29) is 0 Å². The zero-order valence-corrected chi connectivity index (χ0v) is 15.5. The SMILES string of the molecule is CCOc1cc(Cl)c(/C=C(/C#N)c2nc3ccc(C)cc3[nH]2)cc1OC. The Kier molecular flexibility index (Phi) is 5.15. The third kappa shape index (κ3) is 3.51. The number of H-pyrrole nitrogens is 1. The van der Waals surface area contributed by atoms with Crippen LogP contribution in [0.1, 0.15) is 23.9 Å². The Bertz CT molecular complexity index is 1030. The van der Waals surface area contributed by atoms with E-state index in [4.69, 9.17) is 21.1 Å². The van der Waals surface area contributed by atoms with Gasteiger partial charge in [0.1, 0.15) is 11.9 Å². The Morgan fingerprint density at radius 3 is 2.81 bits per heavy atom. The van der Waals surface area contributed by atoms with Crippen LogP contribution in [-0.2, 0) is 0 Å². The molecule has 0 aliphatic heterocycles. The molecule has 0 saturated carbocycles. The molecule has 0 aliphatic carbocycles. The number of aromatic amines is 1. The molecule has 6 heteroatoms. The van der Waals surface area contributed by atoms with Gasteiger partial charge in [0.05, 0.1) is 35.3 Å². The first kappa shape index (κ1) is 17.8. The van der Waals surface area contributed by atoms with Crippen molar-refractivity contribution in [1.29, 1.82) is 5.26 Å². The van der Waals surface area contributed by atoms with Crippen molar-refractivity contribution in [3.8, 4) is 17.6 Å². The van der Waals surface area contributed by atoms with E-state index in [1.165, 1.54) is 0 Å². The van der Waals surface area contributed by atoms with Gasteiger partial charge in [0.25, 0.3) is 0 Å². The van der Waals surface area contributed by atoms with Crippen LogP contribution in [0.2, 0.25) is 5.02 Å². The van der Waals surface area contributed by atoms with Crippen LogP contribution in [0.4, 0.5) is 0 Å². The molecule has 26 heavy (non-hydrogen) atoms. The first-order valence-electron chi connectivity index (χ1n) is 8.14. The van der Waals surface area contributed by atoms with E-state index < -0.39 is 0 Å². The van der Waals surface area contributed by atoms with Crippen molar-refractivity contribution in [1.82, 2.24) is 9.97 Å². The number of imidazole rings is 1. The average molecular weight is 368 g/mol. The number of halogens is 1. The number of fused-ring (bicyclic) bond motifs is 1. The smallest absolute Gasteiger partial charge is 0.162 e. The highest BCUT2D eigenvalue weighted by molar-refractivity contribution is 6.32. The Hall–Kier alpha value is -2.97. The summed E-state index contributed by atoms with van der Waals surface area (Å²) < 4.78 is 10.9. The fraction of sp³-hybridized carbons (Fsp3) is 0.200. The minimum atomic E-state index is 0.381. The lowest BCUT2D eigenvalue weighted by atomic mass is 10.1. The van der Waals surface area contributed by atoms with Crippen LogP contribution in [0.15, 0.2) is 30.3 Å². The number of aryl methyl sites for hydroxylation is 1. The molecule has 0 saturated heterocycles. The van der Waals surface area contributed by atoms with Crippen LogP contribution in [0.5, 0.6) is 11.5 Å². The summed E-state index contributed by atoms with van der Waals surface area (Å²) in [5, 5.41) is 10.1. The van der Waals surface area contributed by atoms with Gasteiger partial charge in [-0.2, -0.15) is 5.26 Å². The molecule has 1 heterocycles. The minimum absolute atomic E-state index is 0.381. The number of nitrogens with one attached hydrogen (secondary N) is 1. The van der Waals surface area contributed by atoms with Crippen LogP contribution in [0.3, 0.4) is 0 Å². The number of benzene rings is 2. The molecule has 3 rings (SSSR count). The maximum absolute atomic E-state index is 9.60. The summed E-state index contributed by atoms with van der Waals surface area (Å²) in [5.41, 5.74) is 3.85. The van der Waals surface area contributed by atoms with Gasteiger partial charge in [-0.1, -0.05) is 17.7 Å². The normalized spacial score (nSPS) is 11.4. The number of nitriles is 1. The number of allylic oxidation sites excluding steroid dienone is 1. The molecule has 0 spiro atoms. The second-order valence-corrected chi connectivity index (χ2v) is 6.14. The molecule has 0 fully saturated rings. The first-order valence-corrected chi connectivity index (χ1v) is 8.52. The topological polar surface area (TPSA) is 70.9 Å². The van der Waals surface area contributed by atoms with Crippen LogP contribution < -0.4 is 9.47 Å². The van der Waals surface area contributed by atoms with Gasteiger partial charge < -0.3 is 14.5 Å². The fourth-order valence-electron chi connectivity index (χ4n) is 2.65. The predicted octanol–water partition coefficient (Wildman–Crippen LogP) is 5.00. The van der Waals surface area contributed by atoms with E-state index in [1.54, 1.807) is 25.3 Å². The van der Waals surface area contributed by atoms with E-state index in [0.29, 0.717) is 40.1 Å². The van der Waals surface area contributed by atoms with Crippen molar-refractivity contribution in [2.45, 2.75) is 13.8 Å². The number of aromatic nitrogens is 2. The highest BCUT2D eigenvalue weighted by atomic mass is 35.5. The Morgan fingerprint density at radius 2 is 2.12 bits per heavy atom. The number of hydrogen-bond acceptors (Lipinski definition) is 4. The summed E-state index contributed by atoms with van der Waals surface area (Å²) in [7, 11) is 1.56. The second-order valence-electron chi connectivity index (χ2n) is 5.73. The zero-order valence-electron chi connectivity index (χ0n) is 14.8. The molecule has 1 aromatic heterocycles. The summed E-state index contributed by atoms with van der Waals surface area (Å²) in [6.45, 7) is 4.40. The third-order valence-corrected chi connectivity index (χ3v) is 4.22. The van der Waals surface area contributed by atoms with E-state index >= 15 is 0 Å². The lowest BCUT2D eigenvalue weighted by Gasteiger charge is -2.11. The van der Waals surface area contributed by atoms with Crippen molar-refractivity contribution >= 4 is 34.3 Å². The number of rotatable bonds is 5. The third-order valence-electron chi connectivity index (χ3n) is 3.90. The Labute approximate surface area is 156 Å². The summed E-state index contributed by atoms with van der Waals surface area (Å²) >= 11 is 6.36. The molecular weight excluding hydrogens is 350 g/mol. The molecule has 0 unspecified atom stereocenters. The monoisotopic (exact) mass is 367 g/mol. The molecule has 0 aliphatic rings. The molecule has 0 amide bonds. The lowest BCUT2D eigenvalue weighted by Crippen LogP contribution is -1.96. The van der Waals surface area contributed by atoms with Gasteiger partial charge in [-0.25, -0.2) is 4.98 Å². The number of hydrogen-bond donors (Lipinski definition) is 1. The van der Waals surface area contributed by atoms with Crippen LogP contribution in [0, 0.1) is 18.3 Å². The highest BCUT2D eigenvalue weighted by Gasteiger charge is 2.13. The van der Waals surface area contributed by atoms with Crippen molar-refractivity contribution < 1.29 is 9.47 Å². The lowest BCUT2D eigenvalue weighted by molar-refractivity contribution is 0.311. The van der Waals surface area contributed by atoms with Crippen LogP contribution in [0.25, 0.3) is 22.7 Å². The van der Waals surface area contributed by atoms with Gasteiger partial charge in [-0.3, -0.25) is 0 Å². The van der Waals surface area contributed by atoms with Crippen LogP contribution >= 0.6 is 11.6 Å². The fourth-order valence-corrected chi connectivity index (χ4v) is 2.86. The van der Waals surface area contributed by atoms with E-state index in [2.05, 4.69) is 16.0 Å². The largest absolute Gasteiger partial charge is 0.493 e. The molecule has 3 aromatic rings. The first-order chi connectivity index (χ1) is 12.5. The standard InChI is InChI=1S/C20H18ClN3O2/c1-4-26-19-10-15(21)13(9-18(19)25-3)8-14(11-22)20-23-16-6-5-12(2)7-17(16)24-20/h5-10H,4H2,1-3H3,(H,23,24)/b14-8-. The van der Waals surface area contributed by atoms with Gasteiger partial charge in [0, 0.05) is 6.07 Å². The Morgan fingerprint density at radius 1 is 1.31 bits per heavy atom. The van der Waals surface area contributed by atoms with Crippen molar-refractivity contribution in [2.75, 3.05) is 13.7 Å². The summed E-state index contributed by atoms with van der Waals surface area (Å²) in [4.78, 5) is 7.68. The van der Waals surface area contributed by atoms with Gasteiger partial charge >= 0.3 is 0 Å². The summed E-state index contributed by atoms with van der Waals surface area (Å²) in [6.07, 6.45) is 1.69. The highest BCUT2D eigenvalue weighted by Crippen LogP contribution is 2.35.